The molecule has 33 heavy (non-hydrogen) atoms. The second kappa shape index (κ2) is 13.2. The van der Waals surface area contributed by atoms with E-state index >= 15 is 0 Å². The molecule has 0 aliphatic rings. The molecule has 0 heterocycles. The van der Waals surface area contributed by atoms with E-state index in [0.29, 0.717) is 13.1 Å². The summed E-state index contributed by atoms with van der Waals surface area (Å²) in [4.78, 5) is 14.6. The molecular weight excluding hydrogens is 422 g/mol. The van der Waals surface area contributed by atoms with Crippen LogP contribution in [0.1, 0.15) is 78.2 Å². The van der Waals surface area contributed by atoms with Crippen molar-refractivity contribution in [2.24, 2.45) is 0 Å². The van der Waals surface area contributed by atoms with Crippen molar-refractivity contribution in [1.82, 2.24) is 4.90 Å². The Bertz CT molecular complexity index is 869. The largest absolute Gasteiger partial charge is 0.488 e. The van der Waals surface area contributed by atoms with Gasteiger partial charge in [-0.3, -0.25) is 0 Å². The third kappa shape index (κ3) is 9.40. The Hall–Kier alpha value is -2.63. The molecule has 0 unspecified atom stereocenters. The van der Waals surface area contributed by atoms with Crippen LogP contribution in [0, 0.1) is 11.6 Å². The molecule has 0 aromatic heterocycles. The monoisotopic (exact) mass is 460 g/mol. The number of nitrogens with one attached hydrogen (secondary N) is 1. The maximum absolute atomic E-state index is 14.0. The van der Waals surface area contributed by atoms with Crippen LogP contribution < -0.4 is 10.1 Å². The minimum absolute atomic E-state index is 0.0284. The van der Waals surface area contributed by atoms with Crippen molar-refractivity contribution in [2.75, 3.05) is 11.9 Å². The maximum atomic E-state index is 14.0. The Balaban J connectivity index is 2.06. The topological polar surface area (TPSA) is 41.6 Å². The molecule has 0 saturated carbocycles. The molecular formula is C27H38F2N2O2. The first-order valence-electron chi connectivity index (χ1n) is 12.0. The number of carbonyl (C=O) groups excluding carboxylic acids is 1. The quantitative estimate of drug-likeness (QED) is 0.308. The second-order valence-corrected chi connectivity index (χ2v) is 9.15. The highest BCUT2D eigenvalue weighted by molar-refractivity contribution is 5.89. The Morgan fingerprint density at radius 2 is 1.67 bits per heavy atom. The Labute approximate surface area is 197 Å². The molecule has 0 aliphatic carbocycles. The van der Waals surface area contributed by atoms with Gasteiger partial charge in [-0.25, -0.2) is 13.6 Å². The smallest absolute Gasteiger partial charge is 0.322 e. The minimum Gasteiger partial charge on any atom is -0.488 e. The van der Waals surface area contributed by atoms with Crippen LogP contribution in [0.5, 0.6) is 5.75 Å². The molecule has 0 radical (unpaired) electrons. The predicted octanol–water partition coefficient (Wildman–Crippen LogP) is 7.93. The van der Waals surface area contributed by atoms with Crippen LogP contribution >= 0.6 is 0 Å². The van der Waals surface area contributed by atoms with Crippen molar-refractivity contribution < 1.29 is 18.3 Å². The number of unbranched alkanes of at least 4 members (excludes halogenated alkanes) is 4. The lowest BCUT2D eigenvalue weighted by atomic mass is 10.0. The molecule has 0 fully saturated rings. The molecule has 2 rings (SSSR count). The van der Waals surface area contributed by atoms with Crippen LogP contribution in [0.2, 0.25) is 0 Å². The highest BCUT2D eigenvalue weighted by atomic mass is 19.1. The number of benzene rings is 2. The van der Waals surface area contributed by atoms with Crippen molar-refractivity contribution in [1.29, 1.82) is 0 Å². The molecule has 182 valence electrons. The van der Waals surface area contributed by atoms with Crippen molar-refractivity contribution in [2.45, 2.75) is 84.8 Å². The zero-order valence-corrected chi connectivity index (χ0v) is 20.4. The molecule has 0 aliphatic heterocycles. The number of amides is 2. The zero-order chi connectivity index (χ0) is 24.3. The van der Waals surface area contributed by atoms with Gasteiger partial charge in [0.25, 0.3) is 0 Å². The molecule has 0 bridgehead atoms. The molecule has 0 saturated heterocycles. The van der Waals surface area contributed by atoms with E-state index in [2.05, 4.69) is 33.0 Å². The average molecular weight is 461 g/mol. The first-order chi connectivity index (χ1) is 15.7. The first-order valence-corrected chi connectivity index (χ1v) is 12.0. The fourth-order valence-electron chi connectivity index (χ4n) is 3.80. The summed E-state index contributed by atoms with van der Waals surface area (Å²) in [6.45, 7) is 9.38. The van der Waals surface area contributed by atoms with E-state index in [1.54, 1.807) is 4.90 Å². The van der Waals surface area contributed by atoms with Crippen LogP contribution in [0.3, 0.4) is 0 Å². The lowest BCUT2D eigenvalue weighted by Crippen LogP contribution is -2.35. The summed E-state index contributed by atoms with van der Waals surface area (Å²) < 4.78 is 33.3. The standard InChI is InChI=1S/C27H38F2N2O2/c1-5-7-8-9-10-18-31(26(32)30-25-16-13-22(28)19-24(25)29)20-21-11-14-23(15-12-21)33-27(3,4)17-6-2/h11-16,19H,5-10,17-18,20H2,1-4H3,(H,30,32). The number of nitrogens with zero attached hydrogens (tertiary/aromatic N) is 1. The second-order valence-electron chi connectivity index (χ2n) is 9.15. The van der Waals surface area contributed by atoms with Gasteiger partial charge in [0.2, 0.25) is 0 Å². The summed E-state index contributed by atoms with van der Waals surface area (Å²) in [5.74, 6) is -0.675. The van der Waals surface area contributed by atoms with Crippen molar-refractivity contribution >= 4 is 11.7 Å². The summed E-state index contributed by atoms with van der Waals surface area (Å²) in [5, 5.41) is 2.59. The minimum atomic E-state index is -0.789. The number of urea groups is 1. The van der Waals surface area contributed by atoms with Crippen LogP contribution in [0.25, 0.3) is 0 Å². The van der Waals surface area contributed by atoms with Crippen LogP contribution in [-0.4, -0.2) is 23.1 Å². The van der Waals surface area contributed by atoms with Crippen LogP contribution in [-0.2, 0) is 6.54 Å². The number of ether oxygens (including phenoxy) is 1. The van der Waals surface area contributed by atoms with E-state index in [1.807, 2.05) is 24.3 Å². The van der Waals surface area contributed by atoms with E-state index in [4.69, 9.17) is 4.74 Å². The van der Waals surface area contributed by atoms with Crippen LogP contribution in [0.4, 0.5) is 19.3 Å². The molecule has 1 N–H and O–H groups in total. The molecule has 2 aromatic carbocycles. The summed E-state index contributed by atoms with van der Waals surface area (Å²) in [5.41, 5.74) is 0.693. The first kappa shape index (κ1) is 26.6. The van der Waals surface area contributed by atoms with E-state index in [-0.39, 0.29) is 11.3 Å². The Kier molecular flexibility index (Phi) is 10.6. The third-order valence-electron chi connectivity index (χ3n) is 5.53. The molecule has 2 amide bonds. The number of halogens is 2. The van der Waals surface area contributed by atoms with E-state index in [9.17, 15) is 13.6 Å². The summed E-state index contributed by atoms with van der Waals surface area (Å²) in [6, 6.07) is 10.5. The molecule has 0 spiro atoms. The van der Waals surface area contributed by atoms with Gasteiger partial charge >= 0.3 is 6.03 Å². The van der Waals surface area contributed by atoms with Gasteiger partial charge in [0.15, 0.2) is 0 Å². The van der Waals surface area contributed by atoms with Gasteiger partial charge in [-0.15, -0.1) is 0 Å². The Morgan fingerprint density at radius 3 is 2.30 bits per heavy atom. The summed E-state index contributed by atoms with van der Waals surface area (Å²) >= 11 is 0. The third-order valence-corrected chi connectivity index (χ3v) is 5.53. The van der Waals surface area contributed by atoms with Gasteiger partial charge in [-0.05, 0) is 56.5 Å². The lowest BCUT2D eigenvalue weighted by Gasteiger charge is -2.26. The highest BCUT2D eigenvalue weighted by Gasteiger charge is 2.19. The molecule has 0 atom stereocenters. The van der Waals surface area contributed by atoms with Gasteiger partial charge < -0.3 is 15.0 Å². The number of rotatable bonds is 13. The lowest BCUT2D eigenvalue weighted by molar-refractivity contribution is 0.0985. The average Bonchev–Trinajstić information content (AvgIpc) is 2.75. The van der Waals surface area contributed by atoms with Gasteiger partial charge in [0.05, 0.1) is 5.69 Å². The zero-order valence-electron chi connectivity index (χ0n) is 20.4. The summed E-state index contributed by atoms with van der Waals surface area (Å²) in [6.07, 6.45) is 7.34. The van der Waals surface area contributed by atoms with Gasteiger partial charge in [0, 0.05) is 19.2 Å². The van der Waals surface area contributed by atoms with Crippen molar-refractivity contribution in [3.8, 4) is 5.75 Å². The maximum Gasteiger partial charge on any atom is 0.322 e. The number of hydrogen-bond donors (Lipinski definition) is 1. The van der Waals surface area contributed by atoms with Crippen molar-refractivity contribution in [3.63, 3.8) is 0 Å². The van der Waals surface area contributed by atoms with Gasteiger partial charge in [0.1, 0.15) is 23.0 Å². The highest BCUT2D eigenvalue weighted by Crippen LogP contribution is 2.23. The molecule has 4 nitrogen and oxygen atoms in total. The summed E-state index contributed by atoms with van der Waals surface area (Å²) in [7, 11) is 0. The van der Waals surface area contributed by atoms with Gasteiger partial charge in [-0.1, -0.05) is 58.1 Å². The molecule has 6 heteroatoms. The van der Waals surface area contributed by atoms with Crippen LogP contribution in [0.15, 0.2) is 42.5 Å². The molecule has 2 aromatic rings. The van der Waals surface area contributed by atoms with E-state index in [1.165, 1.54) is 12.5 Å². The SMILES string of the molecule is CCCCCCCN(Cc1ccc(OC(C)(C)CCC)cc1)C(=O)Nc1ccc(F)cc1F. The number of anilines is 1. The van der Waals surface area contributed by atoms with E-state index in [0.717, 1.165) is 62.0 Å². The normalized spacial score (nSPS) is 11.3. The van der Waals surface area contributed by atoms with E-state index < -0.39 is 17.7 Å². The fraction of sp³-hybridized carbons (Fsp3) is 0.519. The number of hydrogen-bond acceptors (Lipinski definition) is 2. The number of carbonyl (C=O) groups is 1. The fourth-order valence-corrected chi connectivity index (χ4v) is 3.80. The van der Waals surface area contributed by atoms with Crippen molar-refractivity contribution in [3.05, 3.63) is 59.7 Å². The Morgan fingerprint density at radius 1 is 0.970 bits per heavy atom. The predicted molar refractivity (Wildman–Crippen MR) is 131 cm³/mol. The van der Waals surface area contributed by atoms with Gasteiger partial charge in [-0.2, -0.15) is 0 Å².